The van der Waals surface area contributed by atoms with Crippen LogP contribution < -0.4 is 0 Å². The van der Waals surface area contributed by atoms with Crippen molar-refractivity contribution in [2.75, 3.05) is 13.2 Å². The second-order valence-electron chi connectivity index (χ2n) is 20.4. The lowest BCUT2D eigenvalue weighted by molar-refractivity contribution is -0.161. The van der Waals surface area contributed by atoms with Crippen LogP contribution in [0.1, 0.15) is 232 Å². The molecule has 0 saturated heterocycles. The quantitative estimate of drug-likeness (QED) is 0.0373. The number of esters is 2. The first kappa shape index (κ1) is 76.2. The Hall–Kier alpha value is -5.78. The molecule has 0 aromatic rings. The van der Waals surface area contributed by atoms with Crippen molar-refractivity contribution in [2.24, 2.45) is 0 Å². The van der Waals surface area contributed by atoms with Gasteiger partial charge in [0.05, 0.1) is 6.61 Å². The van der Waals surface area contributed by atoms with Crippen molar-refractivity contribution in [3.05, 3.63) is 219 Å². The van der Waals surface area contributed by atoms with Crippen LogP contribution in [0.15, 0.2) is 219 Å². The Labute approximate surface area is 503 Å². The second kappa shape index (κ2) is 69.5. The zero-order chi connectivity index (χ0) is 59.1. The highest BCUT2D eigenvalue weighted by Gasteiger charge is 2.16. The summed E-state index contributed by atoms with van der Waals surface area (Å²) in [6, 6.07) is 0. The van der Waals surface area contributed by atoms with Gasteiger partial charge in [-0.2, -0.15) is 0 Å². The maximum absolute atomic E-state index is 12.3. The zero-order valence-electron chi connectivity index (χ0n) is 51.9. The minimum absolute atomic E-state index is 0.112. The summed E-state index contributed by atoms with van der Waals surface area (Å²) in [5.74, 6) is -0.680. The van der Waals surface area contributed by atoms with Crippen molar-refractivity contribution >= 4 is 11.9 Å². The van der Waals surface area contributed by atoms with E-state index in [9.17, 15) is 14.7 Å². The van der Waals surface area contributed by atoms with Gasteiger partial charge in [0.25, 0.3) is 0 Å². The Morgan fingerprint density at radius 3 is 0.768 bits per heavy atom. The predicted octanol–water partition coefficient (Wildman–Crippen LogP) is 22.7. The van der Waals surface area contributed by atoms with E-state index in [1.807, 2.05) is 0 Å². The number of rotatable bonds is 56. The Bertz CT molecular complexity index is 1990. The molecule has 5 nitrogen and oxygen atoms in total. The van der Waals surface area contributed by atoms with Gasteiger partial charge in [0.1, 0.15) is 6.61 Å². The first-order valence-electron chi connectivity index (χ1n) is 32.3. The summed E-state index contributed by atoms with van der Waals surface area (Å²) < 4.78 is 10.7. The van der Waals surface area contributed by atoms with Gasteiger partial charge >= 0.3 is 11.9 Å². The fourth-order valence-electron chi connectivity index (χ4n) is 8.02. The van der Waals surface area contributed by atoms with Crippen LogP contribution in [0.4, 0.5) is 0 Å². The van der Waals surface area contributed by atoms with E-state index in [0.717, 1.165) is 141 Å². The molecule has 0 saturated carbocycles. The van der Waals surface area contributed by atoms with Crippen LogP contribution in [0.2, 0.25) is 0 Å². The summed E-state index contributed by atoms with van der Waals surface area (Å²) in [6.07, 6.45) is 114. The number of ether oxygens (including phenoxy) is 2. The molecule has 0 bridgehead atoms. The molecule has 82 heavy (non-hydrogen) atoms. The van der Waals surface area contributed by atoms with Crippen molar-refractivity contribution in [3.8, 4) is 0 Å². The Kier molecular flexibility index (Phi) is 64.6. The van der Waals surface area contributed by atoms with Gasteiger partial charge in [-0.3, -0.25) is 9.59 Å². The van der Waals surface area contributed by atoms with Crippen LogP contribution in [0.25, 0.3) is 0 Å². The molecule has 0 aliphatic carbocycles. The van der Waals surface area contributed by atoms with E-state index in [0.29, 0.717) is 12.8 Å². The molecule has 1 atom stereocenters. The highest BCUT2D eigenvalue weighted by Crippen LogP contribution is 2.14. The molecule has 0 fully saturated rings. The second-order valence-corrected chi connectivity index (χ2v) is 20.4. The molecule has 0 amide bonds. The molecule has 0 aromatic heterocycles. The van der Waals surface area contributed by atoms with Crippen molar-refractivity contribution < 1.29 is 24.2 Å². The summed E-state index contributed by atoms with van der Waals surface area (Å²) in [6.45, 7) is 3.85. The first-order valence-corrected chi connectivity index (χ1v) is 32.3. The molecular weight excluding hydrogens is 1000 g/mol. The van der Waals surface area contributed by atoms with Gasteiger partial charge in [0.15, 0.2) is 6.10 Å². The summed E-state index contributed by atoms with van der Waals surface area (Å²) >= 11 is 0. The molecule has 0 rings (SSSR count). The number of allylic oxidation sites excluding steroid dienone is 36. The highest BCUT2D eigenvalue weighted by atomic mass is 16.6. The molecule has 0 aliphatic heterocycles. The predicted molar refractivity (Wildman–Crippen MR) is 361 cm³/mol. The lowest BCUT2D eigenvalue weighted by Crippen LogP contribution is -2.28. The normalized spacial score (nSPS) is 13.7. The zero-order valence-corrected chi connectivity index (χ0v) is 51.9. The van der Waals surface area contributed by atoms with Gasteiger partial charge < -0.3 is 14.6 Å². The third kappa shape index (κ3) is 66.7. The fourth-order valence-corrected chi connectivity index (χ4v) is 8.02. The molecule has 1 unspecified atom stereocenters. The summed E-state index contributed by atoms with van der Waals surface area (Å²) in [4.78, 5) is 24.6. The summed E-state index contributed by atoms with van der Waals surface area (Å²) in [7, 11) is 0. The van der Waals surface area contributed by atoms with E-state index in [4.69, 9.17) is 9.47 Å². The van der Waals surface area contributed by atoms with Crippen LogP contribution in [-0.2, 0) is 19.1 Å². The van der Waals surface area contributed by atoms with E-state index in [2.05, 4.69) is 233 Å². The number of carbonyl (C=O) groups is 2. The molecule has 0 aromatic carbocycles. The summed E-state index contributed by atoms with van der Waals surface area (Å²) in [5.41, 5.74) is 0. The highest BCUT2D eigenvalue weighted by molar-refractivity contribution is 5.70. The van der Waals surface area contributed by atoms with Crippen molar-refractivity contribution in [1.29, 1.82) is 0 Å². The average Bonchev–Trinajstić information content (AvgIpc) is 3.49. The molecule has 0 radical (unpaired) electrons. The first-order chi connectivity index (χ1) is 40.6. The van der Waals surface area contributed by atoms with Gasteiger partial charge in [-0.25, -0.2) is 0 Å². The summed E-state index contributed by atoms with van der Waals surface area (Å²) in [5, 5.41) is 9.68. The topological polar surface area (TPSA) is 72.8 Å². The maximum atomic E-state index is 12.3. The third-order valence-electron chi connectivity index (χ3n) is 12.8. The van der Waals surface area contributed by atoms with E-state index in [-0.39, 0.29) is 31.6 Å². The monoisotopic (exact) mass is 1120 g/mol. The fraction of sp³-hybridized carbons (Fsp3) is 0.506. The van der Waals surface area contributed by atoms with Gasteiger partial charge in [0.2, 0.25) is 0 Å². The Morgan fingerprint density at radius 1 is 0.280 bits per heavy atom. The maximum Gasteiger partial charge on any atom is 0.306 e. The minimum Gasteiger partial charge on any atom is -0.462 e. The van der Waals surface area contributed by atoms with Crippen LogP contribution in [0.3, 0.4) is 0 Å². The third-order valence-corrected chi connectivity index (χ3v) is 12.8. The number of hydrogen-bond acceptors (Lipinski definition) is 5. The van der Waals surface area contributed by atoms with E-state index >= 15 is 0 Å². The molecule has 0 aliphatic rings. The molecule has 1 N–H and O–H groups in total. The van der Waals surface area contributed by atoms with Gasteiger partial charge in [-0.1, -0.05) is 290 Å². The van der Waals surface area contributed by atoms with Crippen molar-refractivity contribution in [1.82, 2.24) is 0 Å². The van der Waals surface area contributed by atoms with Crippen LogP contribution in [0.5, 0.6) is 0 Å². The van der Waals surface area contributed by atoms with Crippen LogP contribution in [0, 0.1) is 0 Å². The number of carbonyl (C=O) groups excluding carboxylic acids is 2. The van der Waals surface area contributed by atoms with E-state index in [1.54, 1.807) is 0 Å². The minimum atomic E-state index is -0.816. The lowest BCUT2D eigenvalue weighted by atomic mass is 10.0. The smallest absolute Gasteiger partial charge is 0.306 e. The molecular formula is C77H116O5. The van der Waals surface area contributed by atoms with Crippen molar-refractivity contribution in [2.45, 2.75) is 238 Å². The average molecular weight is 1120 g/mol. The molecule has 0 heterocycles. The molecule has 454 valence electrons. The van der Waals surface area contributed by atoms with Crippen LogP contribution in [-0.4, -0.2) is 36.4 Å². The van der Waals surface area contributed by atoms with E-state index < -0.39 is 6.10 Å². The Balaban J connectivity index is 3.67. The lowest BCUT2D eigenvalue weighted by Gasteiger charge is -2.15. The number of aliphatic hydroxyl groups excluding tert-OH is 1. The van der Waals surface area contributed by atoms with Crippen LogP contribution >= 0.6 is 0 Å². The largest absolute Gasteiger partial charge is 0.462 e. The number of unbranched alkanes of at least 4 members (excludes halogenated alkanes) is 12. The SMILES string of the molecule is CC/C=C\C/C=C\C/C=C\C/C=C\C/C=C\C/C=C\C/C=C\C/C=C\C/C=C\CCCCCCCCCCCCCC(=O)OC(CO)COC(=O)CCC/C=C\C/C=C\C/C=C\C/C=C\C/C=C\C/C=C\C/C=C\C/C=C\C/C=C\CC. The standard InChI is InChI=1S/C77H116O5/c1-3-5-7-9-11-13-15-17-19-21-23-25-27-29-31-33-34-35-36-37-38-39-40-41-42-44-46-48-50-52-54-56-58-60-62-64-66-68-70-72-77(80)82-75(73-78)74-81-76(79)71-69-67-65-63-61-59-57-55-53-51-49-47-45-43-32-30-28-26-24-22-20-18-16-14-12-10-8-6-4-2/h5-8,11-14,17-20,23-26,29-32,34-35,37-38,40-41,44-47,51,53,57,59,63,65,75,78H,3-4,9-10,15-16,21-22,27-28,33,36,39,42-43,48-50,52,54-56,58,60-62,64,66-74H2,1-2H3/b7-5-,8-6-,13-11-,14-12-,19-17-,20-18-,25-23-,26-24-,31-29-,32-30-,35-34-,38-37-,41-40-,46-44-,47-45-,53-51-,59-57-,65-63-. The molecule has 0 spiro atoms. The number of hydrogen-bond donors (Lipinski definition) is 1. The molecule has 5 heteroatoms. The van der Waals surface area contributed by atoms with Crippen molar-refractivity contribution in [3.63, 3.8) is 0 Å². The van der Waals surface area contributed by atoms with Gasteiger partial charge in [0, 0.05) is 12.8 Å². The van der Waals surface area contributed by atoms with Gasteiger partial charge in [-0.05, 0) is 148 Å². The van der Waals surface area contributed by atoms with E-state index in [1.165, 1.54) is 57.8 Å². The Morgan fingerprint density at radius 2 is 0.500 bits per heavy atom. The number of aliphatic hydroxyl groups is 1. The van der Waals surface area contributed by atoms with Gasteiger partial charge in [-0.15, -0.1) is 0 Å².